The SMILES string of the molecule is Cc1c(-c2ccccc2)nc(C2CC2)c(C=CI)c1-c1ccc(F)cc1. The van der Waals surface area contributed by atoms with Crippen LogP contribution in [0.15, 0.2) is 58.7 Å². The molecule has 1 aliphatic rings. The van der Waals surface area contributed by atoms with Gasteiger partial charge in [-0.15, -0.1) is 0 Å². The van der Waals surface area contributed by atoms with Crippen LogP contribution in [0.2, 0.25) is 0 Å². The Morgan fingerprint density at radius 3 is 2.31 bits per heavy atom. The molecule has 0 aliphatic heterocycles. The summed E-state index contributed by atoms with van der Waals surface area (Å²) in [7, 11) is 0. The van der Waals surface area contributed by atoms with Crippen molar-refractivity contribution in [2.45, 2.75) is 25.7 Å². The molecule has 1 fully saturated rings. The summed E-state index contributed by atoms with van der Waals surface area (Å²) in [5, 5.41) is 0. The number of hydrogen-bond donors (Lipinski definition) is 0. The van der Waals surface area contributed by atoms with E-state index in [1.54, 1.807) is 0 Å². The Balaban J connectivity index is 2.03. The van der Waals surface area contributed by atoms with Crippen LogP contribution in [0.1, 0.15) is 35.6 Å². The predicted octanol–water partition coefficient (Wildman–Crippen LogP) is 7.15. The van der Waals surface area contributed by atoms with Crippen LogP contribution in [-0.2, 0) is 0 Å². The Morgan fingerprint density at radius 2 is 1.69 bits per heavy atom. The van der Waals surface area contributed by atoms with E-state index >= 15 is 0 Å². The van der Waals surface area contributed by atoms with Crippen molar-refractivity contribution >= 4 is 28.7 Å². The third-order valence-corrected chi connectivity index (χ3v) is 5.24. The molecule has 1 heterocycles. The lowest BCUT2D eigenvalue weighted by molar-refractivity contribution is 0.628. The van der Waals surface area contributed by atoms with Gasteiger partial charge in [0.05, 0.1) is 11.4 Å². The van der Waals surface area contributed by atoms with Crippen molar-refractivity contribution in [1.82, 2.24) is 4.98 Å². The molecule has 1 saturated carbocycles. The van der Waals surface area contributed by atoms with Gasteiger partial charge in [-0.25, -0.2) is 4.39 Å². The van der Waals surface area contributed by atoms with Crippen molar-refractivity contribution in [3.63, 3.8) is 0 Å². The summed E-state index contributed by atoms with van der Waals surface area (Å²) < 4.78 is 15.5. The smallest absolute Gasteiger partial charge is 0.123 e. The summed E-state index contributed by atoms with van der Waals surface area (Å²) in [5.74, 6) is 0.317. The topological polar surface area (TPSA) is 12.9 Å². The molecule has 0 atom stereocenters. The number of halogens is 2. The average Bonchev–Trinajstić information content (AvgIpc) is 3.49. The van der Waals surface area contributed by atoms with Crippen LogP contribution in [0.4, 0.5) is 4.39 Å². The second kappa shape index (κ2) is 7.31. The molecule has 0 saturated heterocycles. The van der Waals surface area contributed by atoms with Gasteiger partial charge in [0, 0.05) is 17.0 Å². The fourth-order valence-electron chi connectivity index (χ4n) is 3.48. The van der Waals surface area contributed by atoms with Crippen molar-refractivity contribution in [3.05, 3.63) is 81.3 Å². The molecule has 0 amide bonds. The predicted molar refractivity (Wildman–Crippen MR) is 115 cm³/mol. The van der Waals surface area contributed by atoms with E-state index in [2.05, 4.69) is 47.7 Å². The maximum atomic E-state index is 13.5. The molecule has 0 radical (unpaired) electrons. The standard InChI is InChI=1S/C23H19FIN/c1-15-21(16-9-11-19(24)12-10-16)20(13-14-25)23(18-7-8-18)26-22(15)17-5-3-2-4-6-17/h2-6,9-14,18H,7-8H2,1H3. The highest BCUT2D eigenvalue weighted by atomic mass is 127. The Morgan fingerprint density at radius 1 is 1.00 bits per heavy atom. The van der Waals surface area contributed by atoms with Gasteiger partial charge in [-0.1, -0.05) is 65.1 Å². The minimum atomic E-state index is -0.211. The first-order valence-corrected chi connectivity index (χ1v) is 10.1. The zero-order valence-electron chi connectivity index (χ0n) is 14.5. The van der Waals surface area contributed by atoms with E-state index in [1.165, 1.54) is 36.2 Å². The fraction of sp³-hybridized carbons (Fsp3) is 0.174. The molecule has 4 rings (SSSR count). The average molecular weight is 455 g/mol. The maximum Gasteiger partial charge on any atom is 0.123 e. The molecule has 1 aromatic heterocycles. The summed E-state index contributed by atoms with van der Waals surface area (Å²) >= 11 is 2.26. The Bertz CT molecular complexity index is 958. The molecular formula is C23H19FIN. The Labute approximate surface area is 167 Å². The summed E-state index contributed by atoms with van der Waals surface area (Å²) in [5.41, 5.74) is 7.82. The van der Waals surface area contributed by atoms with Gasteiger partial charge in [0.2, 0.25) is 0 Å². The van der Waals surface area contributed by atoms with Gasteiger partial charge in [0.15, 0.2) is 0 Å². The first-order valence-electron chi connectivity index (χ1n) is 8.81. The largest absolute Gasteiger partial charge is 0.252 e. The van der Waals surface area contributed by atoms with E-state index in [4.69, 9.17) is 4.98 Å². The number of aromatic nitrogens is 1. The van der Waals surface area contributed by atoms with Crippen molar-refractivity contribution in [1.29, 1.82) is 0 Å². The van der Waals surface area contributed by atoms with Gasteiger partial charge in [0.1, 0.15) is 5.82 Å². The molecule has 3 heteroatoms. The minimum Gasteiger partial charge on any atom is -0.252 e. The van der Waals surface area contributed by atoms with Crippen molar-refractivity contribution in [2.24, 2.45) is 0 Å². The number of nitrogens with zero attached hydrogens (tertiary/aromatic N) is 1. The Kier molecular flexibility index (Phi) is 4.90. The maximum absolute atomic E-state index is 13.5. The van der Waals surface area contributed by atoms with Crippen LogP contribution in [-0.4, -0.2) is 4.98 Å². The molecule has 0 unspecified atom stereocenters. The second-order valence-electron chi connectivity index (χ2n) is 6.70. The van der Waals surface area contributed by atoms with Crippen LogP contribution in [0.3, 0.4) is 0 Å². The first kappa shape index (κ1) is 17.4. The molecule has 1 nitrogen and oxygen atoms in total. The number of pyridine rings is 1. The zero-order valence-corrected chi connectivity index (χ0v) is 16.7. The molecule has 0 bridgehead atoms. The van der Waals surface area contributed by atoms with Gasteiger partial charge in [-0.05, 0) is 58.7 Å². The van der Waals surface area contributed by atoms with Crippen molar-refractivity contribution in [3.8, 4) is 22.4 Å². The lowest BCUT2D eigenvalue weighted by atomic mass is 9.90. The zero-order chi connectivity index (χ0) is 18.1. The van der Waals surface area contributed by atoms with Gasteiger partial charge < -0.3 is 0 Å². The number of benzene rings is 2. The van der Waals surface area contributed by atoms with Gasteiger partial charge in [-0.2, -0.15) is 0 Å². The summed E-state index contributed by atoms with van der Waals surface area (Å²) in [6, 6.07) is 17.1. The third-order valence-electron chi connectivity index (χ3n) is 4.88. The van der Waals surface area contributed by atoms with E-state index in [0.29, 0.717) is 5.92 Å². The monoisotopic (exact) mass is 455 g/mol. The highest BCUT2D eigenvalue weighted by molar-refractivity contribution is 14.1. The number of hydrogen-bond acceptors (Lipinski definition) is 1. The molecular weight excluding hydrogens is 436 g/mol. The molecule has 130 valence electrons. The van der Waals surface area contributed by atoms with Crippen molar-refractivity contribution < 1.29 is 4.39 Å². The minimum absolute atomic E-state index is 0.211. The first-order chi connectivity index (χ1) is 12.7. The third kappa shape index (κ3) is 3.32. The highest BCUT2D eigenvalue weighted by Crippen LogP contribution is 2.46. The summed E-state index contributed by atoms with van der Waals surface area (Å²) in [6.45, 7) is 2.12. The van der Waals surface area contributed by atoms with E-state index in [9.17, 15) is 4.39 Å². The molecule has 0 spiro atoms. The highest BCUT2D eigenvalue weighted by Gasteiger charge is 2.30. The molecule has 26 heavy (non-hydrogen) atoms. The van der Waals surface area contributed by atoms with E-state index in [1.807, 2.05) is 34.4 Å². The van der Waals surface area contributed by atoms with Crippen LogP contribution in [0.5, 0.6) is 0 Å². The summed E-state index contributed by atoms with van der Waals surface area (Å²) in [6.07, 6.45) is 4.52. The summed E-state index contributed by atoms with van der Waals surface area (Å²) in [4.78, 5) is 5.10. The lowest BCUT2D eigenvalue weighted by Gasteiger charge is -2.18. The van der Waals surface area contributed by atoms with Crippen LogP contribution in [0.25, 0.3) is 28.5 Å². The van der Waals surface area contributed by atoms with E-state index < -0.39 is 0 Å². The quantitative estimate of drug-likeness (QED) is 0.381. The van der Waals surface area contributed by atoms with Crippen LogP contribution < -0.4 is 0 Å². The normalized spacial score (nSPS) is 14.1. The molecule has 3 aromatic rings. The van der Waals surface area contributed by atoms with Gasteiger partial charge in [0.25, 0.3) is 0 Å². The van der Waals surface area contributed by atoms with Gasteiger partial charge in [-0.3, -0.25) is 4.98 Å². The molecule has 0 N–H and O–H groups in total. The van der Waals surface area contributed by atoms with Crippen LogP contribution in [0, 0.1) is 12.7 Å². The van der Waals surface area contributed by atoms with E-state index in [0.717, 1.165) is 27.9 Å². The second-order valence-corrected chi connectivity index (χ2v) is 7.42. The molecule has 2 aromatic carbocycles. The fourth-order valence-corrected chi connectivity index (χ4v) is 3.84. The van der Waals surface area contributed by atoms with Crippen molar-refractivity contribution in [2.75, 3.05) is 0 Å². The molecule has 1 aliphatic carbocycles. The van der Waals surface area contributed by atoms with Gasteiger partial charge >= 0.3 is 0 Å². The van der Waals surface area contributed by atoms with E-state index in [-0.39, 0.29) is 5.82 Å². The Hall–Kier alpha value is -2.01. The lowest BCUT2D eigenvalue weighted by Crippen LogP contribution is -2.02. The van der Waals surface area contributed by atoms with Crippen LogP contribution >= 0.6 is 22.6 Å². The number of rotatable bonds is 4.